The predicted octanol–water partition coefficient (Wildman–Crippen LogP) is 4.42. The monoisotopic (exact) mass is 403 g/mol. The topological polar surface area (TPSA) is 38.8 Å². The van der Waals surface area contributed by atoms with E-state index in [-0.39, 0.29) is 5.91 Å². The Labute approximate surface area is 156 Å². The van der Waals surface area contributed by atoms with Crippen molar-refractivity contribution in [3.8, 4) is 11.5 Å². The van der Waals surface area contributed by atoms with Crippen LogP contribution in [0.2, 0.25) is 0 Å². The number of amides is 1. The van der Waals surface area contributed by atoms with Crippen LogP contribution in [0, 0.1) is 0 Å². The molecular weight excluding hydrogens is 382 g/mol. The average Bonchev–Trinajstić information content (AvgIpc) is 3.46. The molecule has 1 saturated carbocycles. The fourth-order valence-corrected chi connectivity index (χ4v) is 2.97. The zero-order valence-corrected chi connectivity index (χ0v) is 16.0. The molecule has 3 rings (SSSR count). The summed E-state index contributed by atoms with van der Waals surface area (Å²) >= 11 is 3.40. The Morgan fingerprint density at radius 1 is 1.12 bits per heavy atom. The van der Waals surface area contributed by atoms with Crippen LogP contribution < -0.4 is 9.47 Å². The number of methoxy groups -OCH3 is 1. The lowest BCUT2D eigenvalue weighted by molar-refractivity contribution is -0.139. The molecule has 1 unspecified atom stereocenters. The lowest BCUT2D eigenvalue weighted by Gasteiger charge is -2.26. The molecule has 25 heavy (non-hydrogen) atoms. The van der Waals surface area contributed by atoms with Gasteiger partial charge in [0.15, 0.2) is 6.10 Å². The van der Waals surface area contributed by atoms with E-state index >= 15 is 0 Å². The second-order valence-electron chi connectivity index (χ2n) is 6.26. The molecule has 1 aliphatic carbocycles. The number of ether oxygens (including phenoxy) is 2. The summed E-state index contributed by atoms with van der Waals surface area (Å²) in [5.74, 6) is 1.55. The van der Waals surface area contributed by atoms with E-state index in [0.717, 1.165) is 28.6 Å². The van der Waals surface area contributed by atoms with Crippen molar-refractivity contribution in [2.75, 3.05) is 7.11 Å². The van der Waals surface area contributed by atoms with Crippen LogP contribution in [-0.2, 0) is 11.3 Å². The Morgan fingerprint density at radius 2 is 1.72 bits per heavy atom. The van der Waals surface area contributed by atoms with Gasteiger partial charge in [0.2, 0.25) is 0 Å². The molecule has 1 aliphatic rings. The highest BCUT2D eigenvalue weighted by molar-refractivity contribution is 9.10. The lowest BCUT2D eigenvalue weighted by atomic mass is 10.2. The summed E-state index contributed by atoms with van der Waals surface area (Å²) in [6.07, 6.45) is 1.61. The summed E-state index contributed by atoms with van der Waals surface area (Å²) in [5, 5.41) is 0. The van der Waals surface area contributed by atoms with E-state index in [9.17, 15) is 4.79 Å². The Morgan fingerprint density at radius 3 is 2.28 bits per heavy atom. The maximum absolute atomic E-state index is 12.9. The van der Waals surface area contributed by atoms with Crippen molar-refractivity contribution in [1.82, 2.24) is 4.90 Å². The van der Waals surface area contributed by atoms with Crippen molar-refractivity contribution in [3.05, 3.63) is 58.6 Å². The van der Waals surface area contributed by atoms with Gasteiger partial charge in [-0.1, -0.05) is 28.1 Å². The van der Waals surface area contributed by atoms with Gasteiger partial charge in [-0.05, 0) is 61.7 Å². The van der Waals surface area contributed by atoms with Crippen molar-refractivity contribution in [1.29, 1.82) is 0 Å². The van der Waals surface area contributed by atoms with Gasteiger partial charge in [0, 0.05) is 17.1 Å². The first-order valence-electron chi connectivity index (χ1n) is 8.42. The third kappa shape index (κ3) is 4.75. The van der Waals surface area contributed by atoms with Gasteiger partial charge in [-0.3, -0.25) is 4.79 Å². The van der Waals surface area contributed by atoms with Crippen molar-refractivity contribution < 1.29 is 14.3 Å². The number of carbonyl (C=O) groups excluding carboxylic acids is 1. The molecule has 1 atom stereocenters. The Balaban J connectivity index is 1.66. The molecule has 2 aromatic rings. The Hall–Kier alpha value is -2.01. The minimum Gasteiger partial charge on any atom is -0.497 e. The van der Waals surface area contributed by atoms with E-state index in [4.69, 9.17) is 9.47 Å². The maximum atomic E-state index is 12.9. The Kier molecular flexibility index (Phi) is 5.63. The molecule has 0 saturated heterocycles. The number of carbonyl (C=O) groups is 1. The third-order valence-electron chi connectivity index (χ3n) is 4.26. The van der Waals surface area contributed by atoms with E-state index < -0.39 is 6.10 Å². The zero-order valence-electron chi connectivity index (χ0n) is 14.4. The fraction of sp³-hybridized carbons (Fsp3) is 0.350. The number of hydrogen-bond donors (Lipinski definition) is 0. The quantitative estimate of drug-likeness (QED) is 0.686. The molecule has 0 N–H and O–H groups in total. The van der Waals surface area contributed by atoms with Crippen molar-refractivity contribution in [3.63, 3.8) is 0 Å². The molecule has 1 fully saturated rings. The maximum Gasteiger partial charge on any atom is 0.263 e. The van der Waals surface area contributed by atoms with Crippen LogP contribution in [0.3, 0.4) is 0 Å². The molecule has 1 amide bonds. The highest BCUT2D eigenvalue weighted by atomic mass is 79.9. The normalized spacial score (nSPS) is 14.7. The summed E-state index contributed by atoms with van der Waals surface area (Å²) in [5.41, 5.74) is 1.09. The van der Waals surface area contributed by atoms with E-state index in [1.807, 2.05) is 60.4 Å². The van der Waals surface area contributed by atoms with Crippen molar-refractivity contribution in [2.24, 2.45) is 0 Å². The van der Waals surface area contributed by atoms with Gasteiger partial charge in [0.25, 0.3) is 5.91 Å². The molecule has 0 aliphatic heterocycles. The van der Waals surface area contributed by atoms with Crippen LogP contribution in [0.5, 0.6) is 11.5 Å². The number of benzene rings is 2. The van der Waals surface area contributed by atoms with Gasteiger partial charge in [0.1, 0.15) is 11.5 Å². The molecule has 5 heteroatoms. The number of hydrogen-bond acceptors (Lipinski definition) is 3. The minimum atomic E-state index is -0.514. The highest BCUT2D eigenvalue weighted by Gasteiger charge is 2.35. The summed E-state index contributed by atoms with van der Waals surface area (Å²) in [4.78, 5) is 14.8. The molecule has 0 radical (unpaired) electrons. The lowest BCUT2D eigenvalue weighted by Crippen LogP contribution is -2.41. The second-order valence-corrected chi connectivity index (χ2v) is 7.18. The van der Waals surface area contributed by atoms with Crippen LogP contribution in [0.4, 0.5) is 0 Å². The van der Waals surface area contributed by atoms with Crippen LogP contribution in [0.1, 0.15) is 25.3 Å². The van der Waals surface area contributed by atoms with Crippen LogP contribution >= 0.6 is 15.9 Å². The molecule has 4 nitrogen and oxygen atoms in total. The fourth-order valence-electron chi connectivity index (χ4n) is 2.70. The molecule has 2 aromatic carbocycles. The van der Waals surface area contributed by atoms with Gasteiger partial charge in [-0.2, -0.15) is 0 Å². The first-order chi connectivity index (χ1) is 12.1. The molecule has 0 heterocycles. The SMILES string of the molecule is COc1ccc(CN(C(=O)C(C)Oc2ccc(Br)cc2)C2CC2)cc1. The van der Waals surface area contributed by atoms with E-state index in [1.165, 1.54) is 0 Å². The van der Waals surface area contributed by atoms with Gasteiger partial charge in [-0.15, -0.1) is 0 Å². The minimum absolute atomic E-state index is 0.0289. The largest absolute Gasteiger partial charge is 0.497 e. The van der Waals surface area contributed by atoms with Crippen molar-refractivity contribution >= 4 is 21.8 Å². The standard InChI is InChI=1S/C20H22BrNO3/c1-14(25-19-11-5-16(21)6-12-19)20(23)22(17-7-8-17)13-15-3-9-18(24-2)10-4-15/h3-6,9-12,14,17H,7-8,13H2,1-2H3. The van der Waals surface area contributed by atoms with Crippen molar-refractivity contribution in [2.45, 2.75) is 38.5 Å². The van der Waals surface area contributed by atoms with Gasteiger partial charge in [0.05, 0.1) is 7.11 Å². The first kappa shape index (κ1) is 17.8. The number of halogens is 1. The molecule has 132 valence electrons. The molecule has 0 bridgehead atoms. The van der Waals surface area contributed by atoms with Gasteiger partial charge >= 0.3 is 0 Å². The summed E-state index contributed by atoms with van der Waals surface area (Å²) < 4.78 is 12.0. The van der Waals surface area contributed by atoms with Crippen LogP contribution in [0.15, 0.2) is 53.0 Å². The van der Waals surface area contributed by atoms with Gasteiger partial charge < -0.3 is 14.4 Å². The van der Waals surface area contributed by atoms with E-state index in [0.29, 0.717) is 18.3 Å². The predicted molar refractivity (Wildman–Crippen MR) is 101 cm³/mol. The summed E-state index contributed by atoms with van der Waals surface area (Å²) in [6.45, 7) is 2.41. The number of rotatable bonds is 7. The summed E-state index contributed by atoms with van der Waals surface area (Å²) in [7, 11) is 1.65. The average molecular weight is 404 g/mol. The molecular formula is C20H22BrNO3. The third-order valence-corrected chi connectivity index (χ3v) is 4.79. The first-order valence-corrected chi connectivity index (χ1v) is 9.22. The smallest absolute Gasteiger partial charge is 0.263 e. The van der Waals surface area contributed by atoms with Crippen LogP contribution in [-0.4, -0.2) is 30.1 Å². The van der Waals surface area contributed by atoms with E-state index in [2.05, 4.69) is 15.9 Å². The second kappa shape index (κ2) is 7.91. The number of nitrogens with zero attached hydrogens (tertiary/aromatic N) is 1. The summed E-state index contributed by atoms with van der Waals surface area (Å²) in [6, 6.07) is 15.7. The molecule has 0 aromatic heterocycles. The zero-order chi connectivity index (χ0) is 17.8. The Bertz CT molecular complexity index is 711. The van der Waals surface area contributed by atoms with Gasteiger partial charge in [-0.25, -0.2) is 0 Å². The van der Waals surface area contributed by atoms with Crippen LogP contribution in [0.25, 0.3) is 0 Å². The molecule has 0 spiro atoms. The van der Waals surface area contributed by atoms with E-state index in [1.54, 1.807) is 7.11 Å². The highest BCUT2D eigenvalue weighted by Crippen LogP contribution is 2.30.